The molecule has 0 N–H and O–H groups in total. The molecule has 2 heterocycles. The second-order valence-electron chi connectivity index (χ2n) is 20.7. The van der Waals surface area contributed by atoms with Crippen molar-refractivity contribution in [1.82, 2.24) is 0 Å². The van der Waals surface area contributed by atoms with E-state index >= 15 is 0 Å². The minimum Gasteiger partial charge on any atom is -0.459 e. The molecule has 2 saturated heterocycles. The zero-order chi connectivity index (χ0) is 58.3. The zero-order valence-electron chi connectivity index (χ0n) is 46.7. The molecule has 8 rings (SSSR count). The van der Waals surface area contributed by atoms with Crippen molar-refractivity contribution in [1.29, 1.82) is 0 Å². The lowest BCUT2D eigenvalue weighted by atomic mass is 9.97. The molecule has 0 amide bonds. The van der Waals surface area contributed by atoms with Crippen molar-refractivity contribution in [2.75, 3.05) is 20.3 Å². The van der Waals surface area contributed by atoms with Gasteiger partial charge in [-0.15, -0.1) is 0 Å². The number of hydrogen-bond acceptors (Lipinski definition) is 17. The summed E-state index contributed by atoms with van der Waals surface area (Å²) in [4.78, 5) is 85.4. The van der Waals surface area contributed by atoms with Gasteiger partial charge in [-0.1, -0.05) is 151 Å². The number of methoxy groups -OCH3 is 1. The predicted octanol–water partition coefficient (Wildman–Crippen LogP) is 10.6. The van der Waals surface area contributed by atoms with Gasteiger partial charge < -0.3 is 51.8 Å². The average molecular weight is 1140 g/mol. The molecule has 0 saturated carbocycles. The lowest BCUT2D eigenvalue weighted by Crippen LogP contribution is -2.67. The number of benzene rings is 6. The third-order valence-corrected chi connectivity index (χ3v) is 20.6. The van der Waals surface area contributed by atoms with Crippen LogP contribution >= 0.6 is 0 Å². The number of rotatable bonds is 22. The third-order valence-electron chi connectivity index (χ3n) is 14.5. The van der Waals surface area contributed by atoms with E-state index in [1.165, 1.54) is 43.5 Å². The SMILES string of the molecule is CO[C@@H]1OC(CO[C@H]2OC(COC(=O)c3ccccc3)[C@H](OC(=O)c3ccccc3)C(OC(=O)c3ccccc3)C2O[Si](C(C)C)(C(C)C)C(C)C)[C@H](OC(=O)c2ccccc2)C(OC(=O)c2ccccc2)C1OC(=O)c1ccccc1. The van der Waals surface area contributed by atoms with Gasteiger partial charge in [0.25, 0.3) is 0 Å². The van der Waals surface area contributed by atoms with Gasteiger partial charge in [-0.05, 0) is 89.4 Å². The molecule has 0 spiro atoms. The van der Waals surface area contributed by atoms with Crippen LogP contribution in [0.25, 0.3) is 0 Å². The van der Waals surface area contributed by atoms with Crippen molar-refractivity contribution in [2.24, 2.45) is 0 Å². The molecular weight excluding hydrogens is 1070 g/mol. The van der Waals surface area contributed by atoms with E-state index in [-0.39, 0.29) is 50.0 Å². The molecule has 2 fully saturated rings. The van der Waals surface area contributed by atoms with Crippen molar-refractivity contribution in [3.05, 3.63) is 215 Å². The number of carbonyl (C=O) groups excluding carboxylic acids is 6. The second-order valence-corrected chi connectivity index (χ2v) is 26.1. The van der Waals surface area contributed by atoms with Crippen LogP contribution < -0.4 is 0 Å². The van der Waals surface area contributed by atoms with Gasteiger partial charge >= 0.3 is 35.8 Å². The van der Waals surface area contributed by atoms with Gasteiger partial charge in [-0.2, -0.15) is 0 Å². The highest BCUT2D eigenvalue weighted by Crippen LogP contribution is 2.46. The summed E-state index contributed by atoms with van der Waals surface area (Å²) in [5, 5.41) is 0. The first-order valence-electron chi connectivity index (χ1n) is 27.2. The Morgan fingerprint density at radius 2 is 0.646 bits per heavy atom. The Balaban J connectivity index is 1.26. The van der Waals surface area contributed by atoms with Crippen molar-refractivity contribution in [2.45, 2.75) is 120 Å². The summed E-state index contributed by atoms with van der Waals surface area (Å²) in [6, 6.07) is 48.8. The molecule has 6 aromatic rings. The minimum absolute atomic E-state index is 0.0880. The number of carbonyl (C=O) groups is 6. The Hall–Kier alpha value is -7.84. The predicted molar refractivity (Wildman–Crippen MR) is 301 cm³/mol. The van der Waals surface area contributed by atoms with Crippen LogP contribution in [-0.4, -0.2) is 126 Å². The van der Waals surface area contributed by atoms with Crippen molar-refractivity contribution < 1.29 is 80.6 Å². The number of hydrogen-bond donors (Lipinski definition) is 0. The summed E-state index contributed by atoms with van der Waals surface area (Å²) >= 11 is 0. The van der Waals surface area contributed by atoms with Crippen LogP contribution in [0.15, 0.2) is 182 Å². The molecule has 430 valence electrons. The van der Waals surface area contributed by atoms with Crippen LogP contribution in [0.5, 0.6) is 0 Å². The fourth-order valence-corrected chi connectivity index (χ4v) is 16.2. The van der Waals surface area contributed by atoms with E-state index in [9.17, 15) is 28.8 Å². The highest BCUT2D eigenvalue weighted by molar-refractivity contribution is 6.77. The lowest BCUT2D eigenvalue weighted by molar-refractivity contribution is -0.324. The van der Waals surface area contributed by atoms with E-state index in [4.69, 9.17) is 51.8 Å². The molecule has 10 atom stereocenters. The van der Waals surface area contributed by atoms with Crippen molar-refractivity contribution in [3.8, 4) is 0 Å². The molecule has 2 aliphatic heterocycles. The van der Waals surface area contributed by atoms with E-state index in [2.05, 4.69) is 41.5 Å². The molecule has 17 nitrogen and oxygen atoms in total. The molecule has 0 aliphatic carbocycles. The maximum atomic E-state index is 14.6. The maximum absolute atomic E-state index is 14.6. The standard InChI is InChI=1S/C64H68O17Si/c1-40(2)82(41(3)4,42(5)6)81-56-54(79-61(69)47-34-22-12-23-35-47)52(77-59(67)45-30-18-10-19-31-45)49(38-72-57(65)43-26-14-8-15-27-43)75-64(56)73-39-50-51(76-58(66)44-28-16-9-17-29-44)53(78-60(68)46-32-20-11-21-33-46)55(63(71-7)74-50)80-62(70)48-36-24-13-25-37-48/h8-37,40-42,49-56,63-64H,38-39H2,1-7H3/t49?,50?,51-,52-,53?,54?,55?,56?,63+,64-/m0/s1. The zero-order valence-corrected chi connectivity index (χ0v) is 47.7. The monoisotopic (exact) mass is 1140 g/mol. The molecule has 82 heavy (non-hydrogen) atoms. The average Bonchev–Trinajstić information content (AvgIpc) is 3.68. The van der Waals surface area contributed by atoms with Crippen LogP contribution in [0, 0.1) is 0 Å². The first kappa shape index (κ1) is 60.3. The quantitative estimate of drug-likeness (QED) is 0.0352. The molecule has 0 bridgehead atoms. The first-order chi connectivity index (χ1) is 39.6. The van der Waals surface area contributed by atoms with Gasteiger partial charge in [-0.3, -0.25) is 0 Å². The Morgan fingerprint density at radius 1 is 0.366 bits per heavy atom. The van der Waals surface area contributed by atoms with E-state index < -0.39 is 119 Å². The van der Waals surface area contributed by atoms with Gasteiger partial charge in [0.15, 0.2) is 43.1 Å². The second kappa shape index (κ2) is 28.2. The summed E-state index contributed by atoms with van der Waals surface area (Å²) in [7, 11) is -1.85. The molecule has 18 heteroatoms. The molecule has 6 aromatic carbocycles. The van der Waals surface area contributed by atoms with Gasteiger partial charge in [0.1, 0.15) is 24.9 Å². The van der Waals surface area contributed by atoms with Gasteiger partial charge in [0, 0.05) is 7.11 Å². The van der Waals surface area contributed by atoms with Crippen LogP contribution in [0.3, 0.4) is 0 Å². The summed E-state index contributed by atoms with van der Waals surface area (Å²) in [5.41, 5.74) is 0.669. The highest BCUT2D eigenvalue weighted by atomic mass is 28.4. The maximum Gasteiger partial charge on any atom is 0.338 e. The van der Waals surface area contributed by atoms with Crippen molar-refractivity contribution >= 4 is 44.1 Å². The van der Waals surface area contributed by atoms with Gasteiger partial charge in [-0.25, -0.2) is 28.8 Å². The molecule has 2 aliphatic rings. The summed E-state index contributed by atoms with van der Waals surface area (Å²) in [6.45, 7) is 11.2. The van der Waals surface area contributed by atoms with E-state index in [0.29, 0.717) is 0 Å². The van der Waals surface area contributed by atoms with Crippen LogP contribution in [-0.2, 0) is 51.8 Å². The first-order valence-corrected chi connectivity index (χ1v) is 29.4. The third kappa shape index (κ3) is 14.4. The van der Waals surface area contributed by atoms with Crippen LogP contribution in [0.2, 0.25) is 16.6 Å². The fraction of sp³-hybridized carbons (Fsp3) is 0.344. The smallest absolute Gasteiger partial charge is 0.338 e. The van der Waals surface area contributed by atoms with Gasteiger partial charge in [0.2, 0.25) is 8.32 Å². The Labute approximate surface area is 478 Å². The van der Waals surface area contributed by atoms with Crippen molar-refractivity contribution in [3.63, 3.8) is 0 Å². The molecular formula is C64H68O17Si. The van der Waals surface area contributed by atoms with E-state index in [1.807, 2.05) is 0 Å². The fourth-order valence-electron chi connectivity index (χ4n) is 10.6. The molecule has 6 unspecified atom stereocenters. The Kier molecular flexibility index (Phi) is 20.7. The van der Waals surface area contributed by atoms with E-state index in [0.717, 1.165) is 0 Å². The molecule has 0 aromatic heterocycles. The number of esters is 6. The summed E-state index contributed by atoms with van der Waals surface area (Å²) in [6.07, 6.45) is -15.3. The van der Waals surface area contributed by atoms with Crippen LogP contribution in [0.4, 0.5) is 0 Å². The minimum atomic E-state index is -3.14. The summed E-state index contributed by atoms with van der Waals surface area (Å²) in [5.74, 6) is -4.91. The Morgan fingerprint density at radius 3 is 0.976 bits per heavy atom. The summed E-state index contributed by atoms with van der Waals surface area (Å²) < 4.78 is 71.5. The Bertz CT molecular complexity index is 3020. The highest BCUT2D eigenvalue weighted by Gasteiger charge is 2.59. The topological polar surface area (TPSA) is 204 Å². The largest absolute Gasteiger partial charge is 0.459 e. The molecule has 0 radical (unpaired) electrons. The normalized spacial score (nSPS) is 22.6. The lowest BCUT2D eigenvalue weighted by Gasteiger charge is -2.51. The number of ether oxygens (including phenoxy) is 10. The van der Waals surface area contributed by atoms with Crippen LogP contribution in [0.1, 0.15) is 104 Å². The van der Waals surface area contributed by atoms with E-state index in [1.54, 1.807) is 146 Å². The van der Waals surface area contributed by atoms with Gasteiger partial charge in [0.05, 0.1) is 40.0 Å².